The highest BCUT2D eigenvalue weighted by molar-refractivity contribution is 5.74. The quantitative estimate of drug-likeness (QED) is 0.529. The Hall–Kier alpha value is -2.47. The number of hydrogen-bond acceptors (Lipinski definition) is 3. The second kappa shape index (κ2) is 4.85. The van der Waals surface area contributed by atoms with Gasteiger partial charge in [-0.1, -0.05) is 24.0 Å². The van der Waals surface area contributed by atoms with Gasteiger partial charge < -0.3 is 0 Å². The van der Waals surface area contributed by atoms with Gasteiger partial charge in [-0.05, 0) is 12.1 Å². The number of aromatic nitrogens is 2. The van der Waals surface area contributed by atoms with Crippen LogP contribution in [-0.4, -0.2) is 16.3 Å². The lowest BCUT2D eigenvalue weighted by atomic mass is 10.1. The van der Waals surface area contributed by atoms with Crippen LogP contribution in [0.15, 0.2) is 43.0 Å². The molecule has 0 amide bonds. The van der Waals surface area contributed by atoms with Crippen molar-refractivity contribution in [2.45, 2.75) is 0 Å². The van der Waals surface area contributed by atoms with Gasteiger partial charge in [0.2, 0.25) is 0 Å². The van der Waals surface area contributed by atoms with E-state index in [0.29, 0.717) is 5.56 Å². The summed E-state index contributed by atoms with van der Waals surface area (Å²) >= 11 is 0. The molecule has 0 saturated heterocycles. The third kappa shape index (κ3) is 2.52. The second-order valence-corrected chi connectivity index (χ2v) is 3.12. The van der Waals surface area contributed by atoms with Crippen LogP contribution < -0.4 is 0 Å². The molecule has 0 radical (unpaired) electrons. The Morgan fingerprint density at radius 2 is 1.56 bits per heavy atom. The zero-order valence-corrected chi connectivity index (χ0v) is 8.42. The third-order valence-corrected chi connectivity index (χ3v) is 1.96. The number of carbonyl (C=O) groups is 1. The summed E-state index contributed by atoms with van der Waals surface area (Å²) < 4.78 is 0. The fraction of sp³-hybridized carbons (Fsp3) is 0. The van der Waals surface area contributed by atoms with Gasteiger partial charge in [0.05, 0.1) is 5.56 Å². The Balaban J connectivity index is 2.21. The SMILES string of the molecule is O=Cc1ccc(C#Cc2cncnc2)cc1. The molecule has 0 N–H and O–H groups in total. The maximum absolute atomic E-state index is 10.4. The van der Waals surface area contributed by atoms with Crippen LogP contribution in [0.1, 0.15) is 21.5 Å². The monoisotopic (exact) mass is 208 g/mol. The lowest BCUT2D eigenvalue weighted by molar-refractivity contribution is 0.112. The van der Waals surface area contributed by atoms with Crippen molar-refractivity contribution in [1.82, 2.24) is 9.97 Å². The number of hydrogen-bond donors (Lipinski definition) is 0. The first-order valence-corrected chi connectivity index (χ1v) is 4.71. The summed E-state index contributed by atoms with van der Waals surface area (Å²) in [6, 6.07) is 7.08. The molecule has 76 valence electrons. The topological polar surface area (TPSA) is 42.9 Å². The van der Waals surface area contributed by atoms with Gasteiger partial charge in [-0.15, -0.1) is 0 Å². The van der Waals surface area contributed by atoms with Crippen molar-refractivity contribution in [3.63, 3.8) is 0 Å². The Bertz CT molecular complexity index is 536. The summed E-state index contributed by atoms with van der Waals surface area (Å²) in [5, 5.41) is 0. The summed E-state index contributed by atoms with van der Waals surface area (Å²) in [6.07, 6.45) is 5.58. The highest BCUT2D eigenvalue weighted by atomic mass is 16.1. The summed E-state index contributed by atoms with van der Waals surface area (Å²) in [5.41, 5.74) is 2.27. The summed E-state index contributed by atoms with van der Waals surface area (Å²) in [6.45, 7) is 0. The molecule has 0 spiro atoms. The maximum atomic E-state index is 10.4. The zero-order chi connectivity index (χ0) is 11.2. The van der Waals surface area contributed by atoms with Crippen molar-refractivity contribution < 1.29 is 4.79 Å². The van der Waals surface area contributed by atoms with Crippen molar-refractivity contribution in [2.24, 2.45) is 0 Å². The van der Waals surface area contributed by atoms with Crippen molar-refractivity contribution in [2.75, 3.05) is 0 Å². The fourth-order valence-corrected chi connectivity index (χ4v) is 1.15. The van der Waals surface area contributed by atoms with Crippen LogP contribution >= 0.6 is 0 Å². The first-order valence-electron chi connectivity index (χ1n) is 4.71. The molecule has 0 saturated carbocycles. The van der Waals surface area contributed by atoms with E-state index in [0.717, 1.165) is 17.4 Å². The highest BCUT2D eigenvalue weighted by Gasteiger charge is 1.89. The average molecular weight is 208 g/mol. The van der Waals surface area contributed by atoms with E-state index < -0.39 is 0 Å². The highest BCUT2D eigenvalue weighted by Crippen LogP contribution is 2.01. The lowest BCUT2D eigenvalue weighted by Crippen LogP contribution is -1.81. The normalized spacial score (nSPS) is 9.00. The Kier molecular flexibility index (Phi) is 3.05. The molecule has 0 aliphatic rings. The molecule has 3 heteroatoms. The first kappa shape index (κ1) is 10.1. The number of rotatable bonds is 1. The molecule has 1 aromatic carbocycles. The van der Waals surface area contributed by atoms with E-state index in [1.807, 2.05) is 0 Å². The largest absolute Gasteiger partial charge is 0.298 e. The van der Waals surface area contributed by atoms with Crippen LogP contribution in [0.25, 0.3) is 0 Å². The fourth-order valence-electron chi connectivity index (χ4n) is 1.15. The minimum absolute atomic E-state index is 0.647. The Morgan fingerprint density at radius 1 is 0.938 bits per heavy atom. The number of carbonyl (C=O) groups excluding carboxylic acids is 1. The second-order valence-electron chi connectivity index (χ2n) is 3.12. The standard InChI is InChI=1S/C13H8N2O/c16-9-12-4-1-11(2-5-12)3-6-13-7-14-10-15-8-13/h1-2,4-5,7-10H. The van der Waals surface area contributed by atoms with Crippen molar-refractivity contribution in [3.8, 4) is 11.8 Å². The molecule has 0 bridgehead atoms. The molecule has 3 nitrogen and oxygen atoms in total. The molecule has 0 aliphatic heterocycles. The van der Waals surface area contributed by atoms with Crippen molar-refractivity contribution >= 4 is 6.29 Å². The Morgan fingerprint density at radius 3 is 2.19 bits per heavy atom. The predicted molar refractivity (Wildman–Crippen MR) is 59.8 cm³/mol. The smallest absolute Gasteiger partial charge is 0.150 e. The summed E-state index contributed by atoms with van der Waals surface area (Å²) in [4.78, 5) is 18.2. The molecular weight excluding hydrogens is 200 g/mol. The zero-order valence-electron chi connectivity index (χ0n) is 8.42. The number of benzene rings is 1. The van der Waals surface area contributed by atoms with E-state index in [1.165, 1.54) is 6.33 Å². The molecule has 0 aliphatic carbocycles. The number of aldehydes is 1. The molecule has 2 rings (SSSR count). The van der Waals surface area contributed by atoms with E-state index in [-0.39, 0.29) is 0 Å². The molecule has 0 fully saturated rings. The van der Waals surface area contributed by atoms with Gasteiger partial charge in [0.1, 0.15) is 12.6 Å². The van der Waals surface area contributed by atoms with Gasteiger partial charge in [0, 0.05) is 23.5 Å². The first-order chi connectivity index (χ1) is 7.88. The van der Waals surface area contributed by atoms with Crippen molar-refractivity contribution in [1.29, 1.82) is 0 Å². The maximum Gasteiger partial charge on any atom is 0.150 e. The number of nitrogens with zero attached hydrogens (tertiary/aromatic N) is 2. The molecule has 1 aromatic heterocycles. The van der Waals surface area contributed by atoms with Gasteiger partial charge in [0.15, 0.2) is 0 Å². The molecule has 0 atom stereocenters. The van der Waals surface area contributed by atoms with Gasteiger partial charge >= 0.3 is 0 Å². The molecule has 2 aromatic rings. The van der Waals surface area contributed by atoms with Crippen LogP contribution in [0.5, 0.6) is 0 Å². The van der Waals surface area contributed by atoms with Gasteiger partial charge in [-0.2, -0.15) is 0 Å². The summed E-state index contributed by atoms with van der Waals surface area (Å²) in [5.74, 6) is 5.90. The predicted octanol–water partition coefficient (Wildman–Crippen LogP) is 1.69. The van der Waals surface area contributed by atoms with Crippen LogP contribution in [0, 0.1) is 11.8 Å². The van der Waals surface area contributed by atoms with E-state index >= 15 is 0 Å². The van der Waals surface area contributed by atoms with Gasteiger partial charge in [-0.3, -0.25) is 4.79 Å². The van der Waals surface area contributed by atoms with Crippen LogP contribution in [0.4, 0.5) is 0 Å². The third-order valence-electron chi connectivity index (χ3n) is 1.96. The van der Waals surface area contributed by atoms with Crippen LogP contribution in [0.3, 0.4) is 0 Å². The van der Waals surface area contributed by atoms with Gasteiger partial charge in [-0.25, -0.2) is 9.97 Å². The van der Waals surface area contributed by atoms with E-state index in [2.05, 4.69) is 21.8 Å². The average Bonchev–Trinajstić information content (AvgIpc) is 2.38. The van der Waals surface area contributed by atoms with E-state index in [4.69, 9.17) is 0 Å². The minimum Gasteiger partial charge on any atom is -0.298 e. The van der Waals surface area contributed by atoms with Crippen LogP contribution in [-0.2, 0) is 0 Å². The lowest BCUT2D eigenvalue weighted by Gasteiger charge is -1.90. The Labute approximate surface area is 93.2 Å². The summed E-state index contributed by atoms with van der Waals surface area (Å²) in [7, 11) is 0. The van der Waals surface area contributed by atoms with Crippen LogP contribution in [0.2, 0.25) is 0 Å². The van der Waals surface area contributed by atoms with E-state index in [9.17, 15) is 4.79 Å². The molecular formula is C13H8N2O. The molecule has 16 heavy (non-hydrogen) atoms. The minimum atomic E-state index is 0.647. The molecule has 1 heterocycles. The van der Waals surface area contributed by atoms with E-state index in [1.54, 1.807) is 36.7 Å². The van der Waals surface area contributed by atoms with Crippen molar-refractivity contribution in [3.05, 3.63) is 59.7 Å². The van der Waals surface area contributed by atoms with Gasteiger partial charge in [0.25, 0.3) is 0 Å². The molecule has 0 unspecified atom stereocenters.